The van der Waals surface area contributed by atoms with E-state index in [0.717, 1.165) is 24.7 Å². The minimum Gasteiger partial charge on any atom is -0.316 e. The third-order valence-electron chi connectivity index (χ3n) is 4.87. The van der Waals surface area contributed by atoms with Crippen LogP contribution in [0.4, 0.5) is 4.39 Å². The van der Waals surface area contributed by atoms with Crippen LogP contribution in [0.15, 0.2) is 35.5 Å². The van der Waals surface area contributed by atoms with Crippen LogP contribution in [0.1, 0.15) is 5.56 Å². The van der Waals surface area contributed by atoms with E-state index in [0.29, 0.717) is 24.9 Å². The Morgan fingerprint density at radius 1 is 1.24 bits per heavy atom. The Balaban J connectivity index is 0.00000182. The summed E-state index contributed by atoms with van der Waals surface area (Å²) in [5.74, 6) is 0.118. The molecule has 1 N–H and O–H groups in total. The lowest BCUT2D eigenvalue weighted by molar-refractivity contribution is 0.447. The maximum Gasteiger partial charge on any atom is 0.243 e. The van der Waals surface area contributed by atoms with Gasteiger partial charge >= 0.3 is 0 Å². The molecule has 2 atom stereocenters. The van der Waals surface area contributed by atoms with Gasteiger partial charge in [-0.15, -0.1) is 12.4 Å². The van der Waals surface area contributed by atoms with Gasteiger partial charge in [-0.3, -0.25) is 0 Å². The Bertz CT molecular complexity index is 874. The average molecular weight is 387 g/mol. The van der Waals surface area contributed by atoms with Gasteiger partial charge in [0.1, 0.15) is 11.5 Å². The van der Waals surface area contributed by atoms with Crippen molar-refractivity contribution in [1.29, 1.82) is 0 Å². The highest BCUT2D eigenvalue weighted by molar-refractivity contribution is 7.89. The Morgan fingerprint density at radius 2 is 1.92 bits per heavy atom. The second-order valence-electron chi connectivity index (χ2n) is 6.58. The molecule has 0 radical (unpaired) electrons. The van der Waals surface area contributed by atoms with Crippen LogP contribution in [0.2, 0.25) is 0 Å². The van der Waals surface area contributed by atoms with Gasteiger partial charge in [0.05, 0.1) is 11.1 Å². The largest absolute Gasteiger partial charge is 0.316 e. The maximum atomic E-state index is 14.4. The highest BCUT2D eigenvalue weighted by Gasteiger charge is 2.41. The number of hydrogen-bond acceptors (Lipinski definition) is 4. The molecule has 1 aromatic carbocycles. The number of nitrogens with zero attached hydrogens (tertiary/aromatic N) is 3. The molecular formula is C16H20ClFN4O2S. The molecule has 9 heteroatoms. The molecule has 3 heterocycles. The smallest absolute Gasteiger partial charge is 0.243 e. The molecule has 2 aliphatic heterocycles. The van der Waals surface area contributed by atoms with Crippen molar-refractivity contribution in [3.8, 4) is 5.69 Å². The van der Waals surface area contributed by atoms with Crippen LogP contribution in [0.25, 0.3) is 5.69 Å². The van der Waals surface area contributed by atoms with E-state index in [1.165, 1.54) is 21.1 Å². The van der Waals surface area contributed by atoms with Crippen molar-refractivity contribution in [2.75, 3.05) is 26.2 Å². The predicted molar refractivity (Wildman–Crippen MR) is 94.1 cm³/mol. The molecule has 25 heavy (non-hydrogen) atoms. The monoisotopic (exact) mass is 386 g/mol. The predicted octanol–water partition coefficient (Wildman–Crippen LogP) is 1.58. The maximum absolute atomic E-state index is 14.4. The fraction of sp³-hybridized carbons (Fsp3) is 0.438. The average Bonchev–Trinajstić information content (AvgIpc) is 3.22. The molecule has 0 amide bonds. The van der Waals surface area contributed by atoms with Crippen LogP contribution in [0.5, 0.6) is 0 Å². The molecule has 136 valence electrons. The first-order chi connectivity index (χ1) is 11.4. The Labute approximate surface area is 152 Å². The van der Waals surface area contributed by atoms with Gasteiger partial charge in [-0.1, -0.05) is 0 Å². The number of benzene rings is 1. The molecular weight excluding hydrogens is 367 g/mol. The van der Waals surface area contributed by atoms with E-state index in [4.69, 9.17) is 0 Å². The zero-order valence-electron chi connectivity index (χ0n) is 13.7. The number of nitrogens with one attached hydrogen (secondary N) is 1. The van der Waals surface area contributed by atoms with E-state index in [2.05, 4.69) is 10.4 Å². The first kappa shape index (κ1) is 18.3. The van der Waals surface area contributed by atoms with E-state index in [-0.39, 0.29) is 23.0 Å². The van der Waals surface area contributed by atoms with Crippen molar-refractivity contribution in [1.82, 2.24) is 19.4 Å². The van der Waals surface area contributed by atoms with Crippen molar-refractivity contribution in [3.05, 3.63) is 42.0 Å². The molecule has 0 bridgehead atoms. The van der Waals surface area contributed by atoms with E-state index < -0.39 is 15.8 Å². The summed E-state index contributed by atoms with van der Waals surface area (Å²) in [6.45, 7) is 4.56. The third-order valence-corrected chi connectivity index (χ3v) is 6.70. The molecule has 0 saturated carbocycles. The lowest BCUT2D eigenvalue weighted by Gasteiger charge is -2.18. The van der Waals surface area contributed by atoms with Crippen LogP contribution in [-0.2, 0) is 10.0 Å². The fourth-order valence-corrected chi connectivity index (χ4v) is 5.10. The first-order valence-electron chi connectivity index (χ1n) is 7.97. The summed E-state index contributed by atoms with van der Waals surface area (Å²) < 4.78 is 42.9. The van der Waals surface area contributed by atoms with Gasteiger partial charge in [-0.25, -0.2) is 17.5 Å². The normalized spacial score (nSPS) is 23.4. The standard InChI is InChI=1S/C16H19FN4O2S.ClH/c1-11-5-19-21(8-11)16-3-2-14(4-15(16)17)24(22,23)20-9-12-6-18-7-13(12)10-20;/h2-5,8,12-13,18H,6-7,9-10H2,1H3;1H/t12-,13+;. The molecule has 0 aliphatic carbocycles. The molecule has 2 fully saturated rings. The summed E-state index contributed by atoms with van der Waals surface area (Å²) in [7, 11) is -3.66. The van der Waals surface area contributed by atoms with E-state index in [1.54, 1.807) is 12.4 Å². The van der Waals surface area contributed by atoms with Crippen LogP contribution in [0, 0.1) is 24.6 Å². The Morgan fingerprint density at radius 3 is 2.48 bits per heavy atom. The van der Waals surface area contributed by atoms with Crippen LogP contribution in [0.3, 0.4) is 0 Å². The van der Waals surface area contributed by atoms with Crippen molar-refractivity contribution in [2.45, 2.75) is 11.8 Å². The lowest BCUT2D eigenvalue weighted by atomic mass is 10.0. The van der Waals surface area contributed by atoms with Crippen molar-refractivity contribution >= 4 is 22.4 Å². The Hall–Kier alpha value is -1.48. The first-order valence-corrected chi connectivity index (χ1v) is 9.41. The molecule has 0 unspecified atom stereocenters. The minimum atomic E-state index is -3.66. The topological polar surface area (TPSA) is 67.2 Å². The third kappa shape index (κ3) is 3.19. The van der Waals surface area contributed by atoms with Gasteiger partial charge in [0, 0.05) is 19.3 Å². The Kier molecular flexibility index (Phi) is 4.89. The summed E-state index contributed by atoms with van der Waals surface area (Å²) in [5.41, 5.74) is 1.15. The number of fused-ring (bicyclic) bond motifs is 1. The number of hydrogen-bond donors (Lipinski definition) is 1. The SMILES string of the molecule is Cc1cnn(-c2ccc(S(=O)(=O)N3C[C@H]4CNC[C@H]4C3)cc2F)c1.Cl. The van der Waals surface area contributed by atoms with Gasteiger partial charge in [0.15, 0.2) is 0 Å². The highest BCUT2D eigenvalue weighted by Crippen LogP contribution is 2.31. The van der Waals surface area contributed by atoms with Gasteiger partial charge < -0.3 is 5.32 Å². The van der Waals surface area contributed by atoms with Crippen LogP contribution >= 0.6 is 12.4 Å². The number of rotatable bonds is 3. The zero-order chi connectivity index (χ0) is 16.9. The number of halogens is 2. The lowest BCUT2D eigenvalue weighted by Crippen LogP contribution is -2.32. The van der Waals surface area contributed by atoms with Crippen molar-refractivity contribution < 1.29 is 12.8 Å². The van der Waals surface area contributed by atoms with Gasteiger partial charge in [0.25, 0.3) is 0 Å². The summed E-state index contributed by atoms with van der Waals surface area (Å²) in [4.78, 5) is 0.000519. The van der Waals surface area contributed by atoms with E-state index in [9.17, 15) is 12.8 Å². The van der Waals surface area contributed by atoms with Crippen molar-refractivity contribution in [3.63, 3.8) is 0 Å². The van der Waals surface area contributed by atoms with Gasteiger partial charge in [-0.2, -0.15) is 9.40 Å². The summed E-state index contributed by atoms with van der Waals surface area (Å²) in [6.07, 6.45) is 3.32. The van der Waals surface area contributed by atoms with Gasteiger partial charge in [0.2, 0.25) is 10.0 Å². The number of aryl methyl sites for hydroxylation is 1. The molecule has 2 aliphatic rings. The molecule has 2 aromatic rings. The van der Waals surface area contributed by atoms with E-state index in [1.807, 2.05) is 6.92 Å². The van der Waals surface area contributed by atoms with Crippen LogP contribution < -0.4 is 5.32 Å². The second kappa shape index (κ2) is 6.68. The molecule has 6 nitrogen and oxygen atoms in total. The summed E-state index contributed by atoms with van der Waals surface area (Å²) in [5, 5.41) is 7.35. The number of sulfonamides is 1. The highest BCUT2D eigenvalue weighted by atomic mass is 35.5. The summed E-state index contributed by atoms with van der Waals surface area (Å²) >= 11 is 0. The van der Waals surface area contributed by atoms with Crippen molar-refractivity contribution in [2.24, 2.45) is 11.8 Å². The molecule has 2 saturated heterocycles. The molecule has 1 aromatic heterocycles. The second-order valence-corrected chi connectivity index (χ2v) is 8.51. The van der Waals surface area contributed by atoms with Crippen LogP contribution in [-0.4, -0.2) is 48.7 Å². The summed E-state index contributed by atoms with van der Waals surface area (Å²) in [6, 6.07) is 4.01. The number of aromatic nitrogens is 2. The fourth-order valence-electron chi connectivity index (χ4n) is 3.54. The minimum absolute atomic E-state index is 0. The molecule has 4 rings (SSSR count). The molecule has 0 spiro atoms. The van der Waals surface area contributed by atoms with E-state index >= 15 is 0 Å². The zero-order valence-corrected chi connectivity index (χ0v) is 15.4. The quantitative estimate of drug-likeness (QED) is 0.869. The van der Waals surface area contributed by atoms with Gasteiger partial charge in [-0.05, 0) is 55.6 Å².